The second-order valence-corrected chi connectivity index (χ2v) is 11.8. The van der Waals surface area contributed by atoms with Gasteiger partial charge in [0.25, 0.3) is 0 Å². The van der Waals surface area contributed by atoms with E-state index in [-0.39, 0.29) is 22.9 Å². The van der Waals surface area contributed by atoms with Crippen molar-refractivity contribution in [1.29, 1.82) is 5.26 Å². The van der Waals surface area contributed by atoms with Crippen molar-refractivity contribution in [2.24, 2.45) is 22.7 Å². The van der Waals surface area contributed by atoms with Gasteiger partial charge in [0, 0.05) is 16.2 Å². The van der Waals surface area contributed by atoms with Gasteiger partial charge in [-0.25, -0.2) is 0 Å². The minimum Gasteiger partial charge on any atom is -0.389 e. The molecule has 1 aromatic carbocycles. The number of benzene rings is 1. The first-order valence-corrected chi connectivity index (χ1v) is 12.8. The van der Waals surface area contributed by atoms with Crippen molar-refractivity contribution >= 4 is 11.8 Å². The first kappa shape index (κ1) is 21.0. The zero-order chi connectivity index (χ0) is 22.0. The van der Waals surface area contributed by atoms with Crippen LogP contribution in [0.2, 0.25) is 0 Å². The number of nitrogens with zero attached hydrogens (tertiary/aromatic N) is 1. The molecule has 1 N–H and O–H groups in total. The molecular formula is C27H31NO3S. The van der Waals surface area contributed by atoms with E-state index in [0.717, 1.165) is 38.5 Å². The summed E-state index contributed by atoms with van der Waals surface area (Å²) in [6.45, 7) is 3.14. The number of aliphatic hydroxyl groups is 1. The van der Waals surface area contributed by atoms with Crippen LogP contribution in [-0.4, -0.2) is 29.7 Å². The predicted octanol–water partition coefficient (Wildman–Crippen LogP) is 5.60. The molecule has 0 unspecified atom stereocenters. The Morgan fingerprint density at radius 3 is 2.81 bits per heavy atom. The van der Waals surface area contributed by atoms with E-state index in [2.05, 4.69) is 49.4 Å². The second-order valence-electron chi connectivity index (χ2n) is 10.6. The number of hydrogen-bond acceptors (Lipinski definition) is 5. The third-order valence-electron chi connectivity index (χ3n) is 9.46. The van der Waals surface area contributed by atoms with E-state index < -0.39 is 11.0 Å². The van der Waals surface area contributed by atoms with Crippen LogP contribution in [-0.2, 0) is 9.47 Å². The van der Waals surface area contributed by atoms with Crippen molar-refractivity contribution < 1.29 is 14.6 Å². The number of hydrogen-bond donors (Lipinski definition) is 1. The fourth-order valence-electron chi connectivity index (χ4n) is 7.78. The van der Waals surface area contributed by atoms with E-state index in [1.54, 1.807) is 0 Å². The Kier molecular flexibility index (Phi) is 4.73. The Bertz CT molecular complexity index is 1030. The van der Waals surface area contributed by atoms with Crippen LogP contribution in [0.1, 0.15) is 51.9 Å². The van der Waals surface area contributed by atoms with Gasteiger partial charge >= 0.3 is 0 Å². The first-order valence-electron chi connectivity index (χ1n) is 12.0. The standard InChI is InChI=1S/C27H31NO3S/c1-24-15-22(32-20-7-3-2-4-8-20)23-21(27(24,29)14-9-19(24)16-28)10-13-26-12-6-5-11-25(23,26)17-30-18-31-26/h2-5,7-8,11,19,21,29H,6,9-10,12-15,17-18H2,1H3/t19-,21-,24-,25+,26+,27+/m1/s1. The highest BCUT2D eigenvalue weighted by atomic mass is 32.2. The summed E-state index contributed by atoms with van der Waals surface area (Å²) in [5, 5.41) is 22.3. The SMILES string of the molecule is C[C@]12CC(Sc3ccccc3)=C3[C@@H](CC[C@@]45CCC=C[C@]34COCO5)[C@@]1(O)CC[C@@H]2C#N. The van der Waals surface area contributed by atoms with Crippen LogP contribution < -0.4 is 0 Å². The van der Waals surface area contributed by atoms with Crippen LogP contribution in [0.3, 0.4) is 0 Å². The van der Waals surface area contributed by atoms with Crippen molar-refractivity contribution in [2.45, 2.75) is 68.0 Å². The molecule has 3 fully saturated rings. The molecule has 1 saturated heterocycles. The van der Waals surface area contributed by atoms with E-state index in [9.17, 15) is 10.4 Å². The molecule has 0 spiro atoms. The molecule has 5 aliphatic rings. The summed E-state index contributed by atoms with van der Waals surface area (Å²) in [6.07, 6.45) is 10.7. The zero-order valence-electron chi connectivity index (χ0n) is 18.7. The quantitative estimate of drug-likeness (QED) is 0.596. The summed E-state index contributed by atoms with van der Waals surface area (Å²) < 4.78 is 12.5. The Hall–Kier alpha value is -1.58. The number of ether oxygens (including phenoxy) is 2. The van der Waals surface area contributed by atoms with Crippen LogP contribution in [0, 0.1) is 34.0 Å². The summed E-state index contributed by atoms with van der Waals surface area (Å²) in [5.74, 6) is -0.0858. The zero-order valence-corrected chi connectivity index (χ0v) is 19.5. The number of rotatable bonds is 2. The molecule has 6 atom stereocenters. The molecule has 2 saturated carbocycles. The van der Waals surface area contributed by atoms with Gasteiger partial charge in [0.1, 0.15) is 6.79 Å². The van der Waals surface area contributed by atoms with Gasteiger partial charge in [-0.15, -0.1) is 0 Å². The predicted molar refractivity (Wildman–Crippen MR) is 124 cm³/mol. The summed E-state index contributed by atoms with van der Waals surface area (Å²) in [7, 11) is 0. The fourth-order valence-corrected chi connectivity index (χ4v) is 9.16. The molecule has 1 aromatic rings. The summed E-state index contributed by atoms with van der Waals surface area (Å²) in [5.41, 5.74) is -0.519. The van der Waals surface area contributed by atoms with Crippen LogP contribution in [0.25, 0.3) is 0 Å². The highest BCUT2D eigenvalue weighted by molar-refractivity contribution is 8.03. The van der Waals surface area contributed by atoms with Gasteiger partial charge in [-0.3, -0.25) is 0 Å². The van der Waals surface area contributed by atoms with E-state index in [0.29, 0.717) is 19.8 Å². The van der Waals surface area contributed by atoms with Gasteiger partial charge in [-0.1, -0.05) is 49.0 Å². The normalized spacial score (nSPS) is 44.8. The molecule has 0 aromatic heterocycles. The van der Waals surface area contributed by atoms with Gasteiger partial charge in [-0.05, 0) is 67.6 Å². The van der Waals surface area contributed by atoms with Gasteiger partial charge in [-0.2, -0.15) is 5.26 Å². The van der Waals surface area contributed by atoms with Crippen LogP contribution in [0.15, 0.2) is 57.9 Å². The van der Waals surface area contributed by atoms with Crippen molar-refractivity contribution in [1.82, 2.24) is 0 Å². The molecule has 168 valence electrons. The summed E-state index contributed by atoms with van der Waals surface area (Å²) in [6, 6.07) is 13.1. The smallest absolute Gasteiger partial charge is 0.147 e. The molecule has 6 rings (SSSR count). The lowest BCUT2D eigenvalue weighted by Gasteiger charge is -2.64. The minimum atomic E-state index is -0.854. The highest BCUT2D eigenvalue weighted by Gasteiger charge is 2.70. The average molecular weight is 450 g/mol. The lowest BCUT2D eigenvalue weighted by Crippen LogP contribution is -2.66. The largest absolute Gasteiger partial charge is 0.389 e. The Morgan fingerprint density at radius 2 is 2.00 bits per heavy atom. The Morgan fingerprint density at radius 1 is 1.16 bits per heavy atom. The van der Waals surface area contributed by atoms with Gasteiger partial charge in [0.05, 0.1) is 35.2 Å². The monoisotopic (exact) mass is 449 g/mol. The van der Waals surface area contributed by atoms with E-state index in [4.69, 9.17) is 9.47 Å². The number of thioether (sulfide) groups is 1. The maximum Gasteiger partial charge on any atom is 0.147 e. The summed E-state index contributed by atoms with van der Waals surface area (Å²) in [4.78, 5) is 2.53. The number of nitriles is 1. The molecule has 4 nitrogen and oxygen atoms in total. The van der Waals surface area contributed by atoms with Crippen LogP contribution in [0.4, 0.5) is 0 Å². The van der Waals surface area contributed by atoms with Gasteiger partial charge in [0.2, 0.25) is 0 Å². The molecule has 32 heavy (non-hydrogen) atoms. The average Bonchev–Trinajstić information content (AvgIpc) is 3.08. The van der Waals surface area contributed by atoms with Crippen molar-refractivity contribution in [3.05, 3.63) is 53.0 Å². The van der Waals surface area contributed by atoms with Crippen molar-refractivity contribution in [3.63, 3.8) is 0 Å². The lowest BCUT2D eigenvalue weighted by atomic mass is 9.46. The maximum atomic E-state index is 12.3. The van der Waals surface area contributed by atoms with Crippen LogP contribution in [0.5, 0.6) is 0 Å². The van der Waals surface area contributed by atoms with Crippen LogP contribution >= 0.6 is 11.8 Å². The maximum absolute atomic E-state index is 12.3. The number of fused-ring (bicyclic) bond motifs is 3. The summed E-state index contributed by atoms with van der Waals surface area (Å²) >= 11 is 1.83. The van der Waals surface area contributed by atoms with Gasteiger partial charge in [0.15, 0.2) is 0 Å². The molecule has 1 aliphatic heterocycles. The fraction of sp³-hybridized carbons (Fsp3) is 0.593. The second kappa shape index (κ2) is 7.21. The molecule has 4 aliphatic carbocycles. The van der Waals surface area contributed by atoms with Crippen molar-refractivity contribution in [3.8, 4) is 6.07 Å². The van der Waals surface area contributed by atoms with E-state index in [1.807, 2.05) is 17.8 Å². The van der Waals surface area contributed by atoms with Gasteiger partial charge < -0.3 is 14.6 Å². The number of allylic oxidation sites excluding steroid dienone is 2. The Balaban J connectivity index is 1.58. The lowest BCUT2D eigenvalue weighted by molar-refractivity contribution is -0.266. The Labute approximate surface area is 194 Å². The third kappa shape index (κ3) is 2.56. The first-order chi connectivity index (χ1) is 15.5. The third-order valence-corrected chi connectivity index (χ3v) is 10.6. The molecule has 5 heteroatoms. The molecular weight excluding hydrogens is 418 g/mol. The molecule has 0 bridgehead atoms. The van der Waals surface area contributed by atoms with E-state index >= 15 is 0 Å². The molecule has 0 radical (unpaired) electrons. The molecule has 1 heterocycles. The van der Waals surface area contributed by atoms with Crippen molar-refractivity contribution in [2.75, 3.05) is 13.4 Å². The topological polar surface area (TPSA) is 62.5 Å². The highest BCUT2D eigenvalue weighted by Crippen LogP contribution is 2.71. The minimum absolute atomic E-state index is 0.0342. The molecule has 0 amide bonds. The van der Waals surface area contributed by atoms with E-state index in [1.165, 1.54) is 15.4 Å².